The molecule has 1 aromatic heterocycles. The Morgan fingerprint density at radius 1 is 1.00 bits per heavy atom. The van der Waals surface area contributed by atoms with E-state index in [-0.39, 0.29) is 5.91 Å². The molecule has 1 aliphatic rings. The number of hydrogen-bond donors (Lipinski definition) is 2. The number of fused-ring (bicyclic) bond motifs is 1. The Balaban J connectivity index is 1.51. The van der Waals surface area contributed by atoms with Crippen LogP contribution < -0.4 is 20.1 Å². The molecule has 2 heterocycles. The van der Waals surface area contributed by atoms with Crippen LogP contribution in [0.5, 0.6) is 11.5 Å². The van der Waals surface area contributed by atoms with Crippen molar-refractivity contribution in [2.75, 3.05) is 23.8 Å². The van der Waals surface area contributed by atoms with E-state index in [1.54, 1.807) is 30.5 Å². The molecule has 0 unspecified atom stereocenters. The Hall–Kier alpha value is -3.25. The minimum atomic E-state index is -0.268. The van der Waals surface area contributed by atoms with E-state index in [1.807, 2.05) is 25.1 Å². The van der Waals surface area contributed by atoms with Crippen molar-refractivity contribution in [1.29, 1.82) is 0 Å². The van der Waals surface area contributed by atoms with E-state index in [0.717, 1.165) is 11.3 Å². The molecular formula is C21H18ClN3O3. The van der Waals surface area contributed by atoms with Gasteiger partial charge in [-0.3, -0.25) is 9.78 Å². The monoisotopic (exact) mass is 395 g/mol. The molecule has 142 valence electrons. The smallest absolute Gasteiger partial charge is 0.257 e. The zero-order valence-corrected chi connectivity index (χ0v) is 15.9. The van der Waals surface area contributed by atoms with Crippen LogP contribution in [-0.4, -0.2) is 24.1 Å². The van der Waals surface area contributed by atoms with Crippen molar-refractivity contribution < 1.29 is 14.3 Å². The van der Waals surface area contributed by atoms with Gasteiger partial charge < -0.3 is 20.1 Å². The maximum Gasteiger partial charge on any atom is 0.257 e. The fraction of sp³-hybridized carbons (Fsp3) is 0.143. The predicted octanol–water partition coefficient (Wildman–Crippen LogP) is 4.81. The summed E-state index contributed by atoms with van der Waals surface area (Å²) in [5.41, 5.74) is 3.65. The number of nitrogens with one attached hydrogen (secondary N) is 2. The van der Waals surface area contributed by atoms with Gasteiger partial charge >= 0.3 is 0 Å². The number of aromatic nitrogens is 1. The largest absolute Gasteiger partial charge is 0.486 e. The van der Waals surface area contributed by atoms with Gasteiger partial charge in [-0.15, -0.1) is 0 Å². The molecule has 28 heavy (non-hydrogen) atoms. The highest BCUT2D eigenvalue weighted by Crippen LogP contribution is 2.32. The molecule has 1 amide bonds. The average molecular weight is 396 g/mol. The predicted molar refractivity (Wildman–Crippen MR) is 109 cm³/mol. The van der Waals surface area contributed by atoms with Gasteiger partial charge in [0, 0.05) is 28.7 Å². The average Bonchev–Trinajstić information content (AvgIpc) is 2.71. The van der Waals surface area contributed by atoms with E-state index in [4.69, 9.17) is 21.1 Å². The van der Waals surface area contributed by atoms with Gasteiger partial charge in [-0.2, -0.15) is 0 Å². The lowest BCUT2D eigenvalue weighted by Crippen LogP contribution is -2.16. The first kappa shape index (κ1) is 18.1. The Morgan fingerprint density at radius 3 is 2.68 bits per heavy atom. The van der Waals surface area contributed by atoms with E-state index < -0.39 is 0 Å². The van der Waals surface area contributed by atoms with E-state index in [9.17, 15) is 4.79 Å². The van der Waals surface area contributed by atoms with Crippen LogP contribution in [0.15, 0.2) is 54.9 Å². The maximum atomic E-state index is 12.6. The molecule has 0 saturated heterocycles. The molecule has 2 N–H and O–H groups in total. The molecule has 0 aliphatic carbocycles. The molecule has 7 heteroatoms. The molecule has 0 radical (unpaired) electrons. The van der Waals surface area contributed by atoms with Crippen LogP contribution >= 0.6 is 11.6 Å². The lowest BCUT2D eigenvalue weighted by molar-refractivity contribution is 0.102. The van der Waals surface area contributed by atoms with Gasteiger partial charge in [-0.1, -0.05) is 17.7 Å². The number of carbonyl (C=O) groups is 1. The van der Waals surface area contributed by atoms with Crippen LogP contribution in [0.4, 0.5) is 17.1 Å². The van der Waals surface area contributed by atoms with Crippen molar-refractivity contribution in [3.8, 4) is 11.5 Å². The van der Waals surface area contributed by atoms with Gasteiger partial charge in [0.05, 0.1) is 17.4 Å². The molecule has 1 aliphatic heterocycles. The Labute approximate surface area is 167 Å². The first-order chi connectivity index (χ1) is 13.6. The number of rotatable bonds is 4. The van der Waals surface area contributed by atoms with E-state index in [0.29, 0.717) is 46.7 Å². The van der Waals surface area contributed by atoms with Gasteiger partial charge in [-0.25, -0.2) is 0 Å². The molecule has 0 fully saturated rings. The molecule has 0 spiro atoms. The SMILES string of the molecule is Cc1ccc(Cl)cc1Nc1cncc(C(=O)Nc2ccc3c(c2)OCCO3)c1. The molecule has 2 aromatic carbocycles. The zero-order valence-electron chi connectivity index (χ0n) is 15.2. The van der Waals surface area contributed by atoms with E-state index in [2.05, 4.69) is 15.6 Å². The highest BCUT2D eigenvalue weighted by molar-refractivity contribution is 6.30. The number of benzene rings is 2. The Kier molecular flexibility index (Phi) is 5.04. The van der Waals surface area contributed by atoms with Crippen molar-refractivity contribution in [2.24, 2.45) is 0 Å². The highest BCUT2D eigenvalue weighted by Gasteiger charge is 2.14. The van der Waals surface area contributed by atoms with Crippen LogP contribution in [0.3, 0.4) is 0 Å². The topological polar surface area (TPSA) is 72.5 Å². The molecule has 0 atom stereocenters. The molecular weight excluding hydrogens is 378 g/mol. The summed E-state index contributed by atoms with van der Waals surface area (Å²) in [7, 11) is 0. The van der Waals surface area contributed by atoms with Crippen molar-refractivity contribution in [3.63, 3.8) is 0 Å². The molecule has 4 rings (SSSR count). The number of pyridine rings is 1. The fourth-order valence-corrected chi connectivity index (χ4v) is 3.01. The lowest BCUT2D eigenvalue weighted by atomic mass is 10.2. The summed E-state index contributed by atoms with van der Waals surface area (Å²) in [5, 5.41) is 6.74. The van der Waals surface area contributed by atoms with E-state index >= 15 is 0 Å². The van der Waals surface area contributed by atoms with Crippen LogP contribution in [0.1, 0.15) is 15.9 Å². The van der Waals surface area contributed by atoms with E-state index in [1.165, 1.54) is 6.20 Å². The molecule has 6 nitrogen and oxygen atoms in total. The minimum absolute atomic E-state index is 0.268. The van der Waals surface area contributed by atoms with Crippen molar-refractivity contribution in [2.45, 2.75) is 6.92 Å². The summed E-state index contributed by atoms with van der Waals surface area (Å²) in [6.45, 7) is 2.99. The summed E-state index contributed by atoms with van der Waals surface area (Å²) < 4.78 is 11.0. The van der Waals surface area contributed by atoms with Crippen LogP contribution in [0.25, 0.3) is 0 Å². The second-order valence-electron chi connectivity index (χ2n) is 6.36. The Morgan fingerprint density at radius 2 is 1.82 bits per heavy atom. The zero-order chi connectivity index (χ0) is 19.5. The Bertz CT molecular complexity index is 1040. The summed E-state index contributed by atoms with van der Waals surface area (Å²) in [6, 6.07) is 12.6. The molecule has 3 aromatic rings. The summed E-state index contributed by atoms with van der Waals surface area (Å²) in [4.78, 5) is 16.8. The highest BCUT2D eigenvalue weighted by atomic mass is 35.5. The minimum Gasteiger partial charge on any atom is -0.486 e. The summed E-state index contributed by atoms with van der Waals surface area (Å²) in [5.74, 6) is 1.03. The van der Waals surface area contributed by atoms with Gasteiger partial charge in [0.25, 0.3) is 5.91 Å². The van der Waals surface area contributed by atoms with Gasteiger partial charge in [0.2, 0.25) is 0 Å². The molecule has 0 saturated carbocycles. The van der Waals surface area contributed by atoms with Crippen molar-refractivity contribution in [1.82, 2.24) is 4.98 Å². The third-order valence-electron chi connectivity index (χ3n) is 4.28. The third kappa shape index (κ3) is 4.02. The molecule has 0 bridgehead atoms. The second kappa shape index (κ2) is 7.78. The number of hydrogen-bond acceptors (Lipinski definition) is 5. The first-order valence-electron chi connectivity index (χ1n) is 8.78. The van der Waals surface area contributed by atoms with Gasteiger partial charge in [0.15, 0.2) is 11.5 Å². The van der Waals surface area contributed by atoms with Crippen LogP contribution in [0, 0.1) is 6.92 Å². The first-order valence-corrected chi connectivity index (χ1v) is 9.15. The number of amides is 1. The summed E-state index contributed by atoms with van der Waals surface area (Å²) >= 11 is 6.07. The normalized spacial score (nSPS) is 12.4. The third-order valence-corrected chi connectivity index (χ3v) is 4.51. The second-order valence-corrected chi connectivity index (χ2v) is 6.80. The van der Waals surface area contributed by atoms with Gasteiger partial charge in [-0.05, 0) is 42.8 Å². The number of nitrogens with zero attached hydrogens (tertiary/aromatic N) is 1. The van der Waals surface area contributed by atoms with Crippen LogP contribution in [-0.2, 0) is 0 Å². The number of anilines is 3. The number of ether oxygens (including phenoxy) is 2. The van der Waals surface area contributed by atoms with Crippen molar-refractivity contribution >= 4 is 34.6 Å². The fourth-order valence-electron chi connectivity index (χ4n) is 2.84. The number of halogens is 1. The van der Waals surface area contributed by atoms with Crippen LogP contribution in [0.2, 0.25) is 5.02 Å². The standard InChI is InChI=1S/C21H18ClN3O3/c1-13-2-3-15(22)9-18(13)24-17-8-14(11-23-12-17)21(26)25-16-4-5-19-20(10-16)28-7-6-27-19/h2-5,8-12,24H,6-7H2,1H3,(H,25,26). The number of carbonyl (C=O) groups excluding carboxylic acids is 1. The van der Waals surface area contributed by atoms with Crippen molar-refractivity contribution in [3.05, 3.63) is 71.0 Å². The summed E-state index contributed by atoms with van der Waals surface area (Å²) in [6.07, 6.45) is 3.17. The number of aryl methyl sites for hydroxylation is 1. The maximum absolute atomic E-state index is 12.6. The quantitative estimate of drug-likeness (QED) is 0.663. The lowest BCUT2D eigenvalue weighted by Gasteiger charge is -2.19. The van der Waals surface area contributed by atoms with Gasteiger partial charge in [0.1, 0.15) is 13.2 Å².